The molecule has 31 heavy (non-hydrogen) atoms. The van der Waals surface area contributed by atoms with E-state index < -0.39 is 12.1 Å². The highest BCUT2D eigenvalue weighted by molar-refractivity contribution is 6.21. The van der Waals surface area contributed by atoms with E-state index in [1.54, 1.807) is 36.4 Å². The molecule has 7 heteroatoms. The molecular weight excluding hydrogens is 401 g/mol. The van der Waals surface area contributed by atoms with E-state index in [1.807, 2.05) is 6.92 Å². The van der Waals surface area contributed by atoms with E-state index in [9.17, 15) is 14.0 Å². The molecular formula is C24H26FNO5. The zero-order chi connectivity index (χ0) is 21.8. The Morgan fingerprint density at radius 3 is 2.52 bits per heavy atom. The lowest BCUT2D eigenvalue weighted by molar-refractivity contribution is -0.0615. The van der Waals surface area contributed by atoms with E-state index >= 15 is 0 Å². The molecule has 1 saturated heterocycles. The van der Waals surface area contributed by atoms with Crippen molar-refractivity contribution in [1.82, 2.24) is 4.90 Å². The van der Waals surface area contributed by atoms with Gasteiger partial charge in [0.05, 0.1) is 30.4 Å². The maximum absolute atomic E-state index is 14.2. The van der Waals surface area contributed by atoms with Crippen LogP contribution in [0.4, 0.5) is 4.39 Å². The molecule has 2 aliphatic rings. The fourth-order valence-corrected chi connectivity index (χ4v) is 3.85. The first-order valence-electron chi connectivity index (χ1n) is 10.7. The molecule has 1 fully saturated rings. The highest BCUT2D eigenvalue weighted by atomic mass is 19.1. The van der Waals surface area contributed by atoms with Crippen LogP contribution < -0.4 is 4.74 Å². The number of hydrogen-bond donors (Lipinski definition) is 0. The molecule has 2 atom stereocenters. The Balaban J connectivity index is 1.22. The van der Waals surface area contributed by atoms with Gasteiger partial charge in [-0.3, -0.25) is 14.5 Å². The summed E-state index contributed by atoms with van der Waals surface area (Å²) in [7, 11) is 0. The van der Waals surface area contributed by atoms with Crippen LogP contribution in [0, 0.1) is 5.82 Å². The Kier molecular flexibility index (Phi) is 6.63. The van der Waals surface area contributed by atoms with Crippen LogP contribution >= 0.6 is 0 Å². The van der Waals surface area contributed by atoms with E-state index in [-0.39, 0.29) is 23.7 Å². The van der Waals surface area contributed by atoms with Gasteiger partial charge in [-0.05, 0) is 49.9 Å². The van der Waals surface area contributed by atoms with Crippen molar-refractivity contribution in [3.05, 3.63) is 65.0 Å². The van der Waals surface area contributed by atoms with Gasteiger partial charge in [0.25, 0.3) is 11.8 Å². The van der Waals surface area contributed by atoms with Crippen LogP contribution in [0.1, 0.15) is 65.2 Å². The van der Waals surface area contributed by atoms with Gasteiger partial charge in [0.2, 0.25) is 0 Å². The number of nitrogens with zero attached hydrogens (tertiary/aromatic N) is 1. The van der Waals surface area contributed by atoms with E-state index in [0.29, 0.717) is 42.9 Å². The average molecular weight is 427 g/mol. The van der Waals surface area contributed by atoms with Crippen LogP contribution in [0.3, 0.4) is 0 Å². The Bertz CT molecular complexity index is 928. The predicted octanol–water partition coefficient (Wildman–Crippen LogP) is 4.50. The summed E-state index contributed by atoms with van der Waals surface area (Å²) in [6, 6.07) is 11.6. The Hall–Kier alpha value is -2.77. The number of unbranched alkanes of at least 4 members (excludes halogenated alkanes) is 1. The number of rotatable bonds is 9. The van der Waals surface area contributed by atoms with Crippen molar-refractivity contribution in [1.29, 1.82) is 0 Å². The second-order valence-electron chi connectivity index (χ2n) is 7.76. The maximum Gasteiger partial charge on any atom is 0.261 e. The average Bonchev–Trinajstić information content (AvgIpc) is 3.35. The molecule has 0 aromatic heterocycles. The maximum atomic E-state index is 14.2. The number of fused-ring (bicyclic) bond motifs is 1. The lowest BCUT2D eigenvalue weighted by atomic mass is 10.1. The summed E-state index contributed by atoms with van der Waals surface area (Å²) in [5, 5.41) is 0. The SMILES string of the molecule is CCCOc1ccc(C2OCC(CCCCN3C(=O)c4ccccc4C3=O)O2)cc1F. The topological polar surface area (TPSA) is 65.1 Å². The molecule has 0 N–H and O–H groups in total. The molecule has 2 amide bonds. The first-order valence-corrected chi connectivity index (χ1v) is 10.7. The molecule has 2 aliphatic heterocycles. The van der Waals surface area contributed by atoms with Gasteiger partial charge < -0.3 is 14.2 Å². The van der Waals surface area contributed by atoms with Gasteiger partial charge in [-0.15, -0.1) is 0 Å². The highest BCUT2D eigenvalue weighted by Crippen LogP contribution is 2.31. The number of hydrogen-bond acceptors (Lipinski definition) is 5. The van der Waals surface area contributed by atoms with Crippen LogP contribution in [-0.2, 0) is 9.47 Å². The summed E-state index contributed by atoms with van der Waals surface area (Å²) in [6.45, 7) is 3.24. The van der Waals surface area contributed by atoms with Crippen LogP contribution in [-0.4, -0.2) is 42.6 Å². The minimum atomic E-state index is -0.601. The van der Waals surface area contributed by atoms with Crippen molar-refractivity contribution in [3.63, 3.8) is 0 Å². The quantitative estimate of drug-likeness (QED) is 0.436. The number of ether oxygens (including phenoxy) is 3. The van der Waals surface area contributed by atoms with Crippen LogP contribution in [0.2, 0.25) is 0 Å². The van der Waals surface area contributed by atoms with Crippen LogP contribution in [0.15, 0.2) is 42.5 Å². The number of halogens is 1. The number of carbonyl (C=O) groups is 2. The van der Waals surface area contributed by atoms with Gasteiger partial charge in [0.1, 0.15) is 0 Å². The normalized spacial score (nSPS) is 20.4. The van der Waals surface area contributed by atoms with Crippen LogP contribution in [0.25, 0.3) is 0 Å². The molecule has 0 spiro atoms. The molecule has 0 bridgehead atoms. The van der Waals surface area contributed by atoms with Gasteiger partial charge in [0, 0.05) is 12.1 Å². The summed E-state index contributed by atoms with van der Waals surface area (Å²) in [4.78, 5) is 26.1. The Morgan fingerprint density at radius 2 is 1.84 bits per heavy atom. The molecule has 2 aromatic carbocycles. The monoisotopic (exact) mass is 427 g/mol. The number of benzene rings is 2. The molecule has 2 heterocycles. The summed E-state index contributed by atoms with van der Waals surface area (Å²) in [5.74, 6) is -0.653. The number of carbonyl (C=O) groups excluding carboxylic acids is 2. The zero-order valence-corrected chi connectivity index (χ0v) is 17.5. The van der Waals surface area contributed by atoms with Gasteiger partial charge in [-0.1, -0.05) is 25.1 Å². The van der Waals surface area contributed by atoms with Crippen molar-refractivity contribution in [2.75, 3.05) is 19.8 Å². The second kappa shape index (κ2) is 9.58. The van der Waals surface area contributed by atoms with E-state index in [2.05, 4.69) is 0 Å². The zero-order valence-electron chi connectivity index (χ0n) is 17.5. The van der Waals surface area contributed by atoms with E-state index in [1.165, 1.54) is 11.0 Å². The second-order valence-corrected chi connectivity index (χ2v) is 7.76. The third-order valence-electron chi connectivity index (χ3n) is 5.48. The smallest absolute Gasteiger partial charge is 0.261 e. The number of imide groups is 1. The first-order chi connectivity index (χ1) is 15.1. The minimum Gasteiger partial charge on any atom is -0.491 e. The lowest BCUT2D eigenvalue weighted by Crippen LogP contribution is -2.30. The molecule has 2 aromatic rings. The Labute approximate surface area is 180 Å². The predicted molar refractivity (Wildman–Crippen MR) is 111 cm³/mol. The van der Waals surface area contributed by atoms with Gasteiger partial charge in [-0.2, -0.15) is 0 Å². The first kappa shape index (κ1) is 21.5. The standard InChI is InChI=1S/C24H26FNO5/c1-2-13-29-21-11-10-16(14-20(21)25)24-30-15-17(31-24)7-5-6-12-26-22(27)18-8-3-4-9-19(18)23(26)28/h3-4,8-11,14,17,24H,2,5-7,12-13,15H2,1H3. The molecule has 4 rings (SSSR count). The van der Waals surface area contributed by atoms with Crippen molar-refractivity contribution in [3.8, 4) is 5.75 Å². The minimum absolute atomic E-state index is 0.105. The van der Waals surface area contributed by atoms with Crippen LogP contribution in [0.5, 0.6) is 5.75 Å². The van der Waals surface area contributed by atoms with Gasteiger partial charge >= 0.3 is 0 Å². The molecule has 0 radical (unpaired) electrons. The number of amides is 2. The summed E-state index contributed by atoms with van der Waals surface area (Å²) >= 11 is 0. The van der Waals surface area contributed by atoms with Crippen molar-refractivity contribution < 1.29 is 28.2 Å². The molecule has 6 nitrogen and oxygen atoms in total. The molecule has 0 aliphatic carbocycles. The van der Waals surface area contributed by atoms with E-state index in [0.717, 1.165) is 19.3 Å². The summed E-state index contributed by atoms with van der Waals surface area (Å²) in [6.07, 6.45) is 2.31. The van der Waals surface area contributed by atoms with Gasteiger partial charge in [-0.25, -0.2) is 4.39 Å². The lowest BCUT2D eigenvalue weighted by Gasteiger charge is -2.15. The molecule has 0 saturated carbocycles. The van der Waals surface area contributed by atoms with Gasteiger partial charge in [0.15, 0.2) is 17.9 Å². The van der Waals surface area contributed by atoms with Crippen molar-refractivity contribution in [2.45, 2.75) is 45.0 Å². The summed E-state index contributed by atoms with van der Waals surface area (Å²) < 4.78 is 31.1. The van der Waals surface area contributed by atoms with Crippen molar-refractivity contribution >= 4 is 11.8 Å². The third-order valence-corrected chi connectivity index (χ3v) is 5.48. The molecule has 164 valence electrons. The Morgan fingerprint density at radius 1 is 1.10 bits per heavy atom. The highest BCUT2D eigenvalue weighted by Gasteiger charge is 2.34. The largest absolute Gasteiger partial charge is 0.491 e. The fraction of sp³-hybridized carbons (Fsp3) is 0.417. The third kappa shape index (κ3) is 4.62. The fourth-order valence-electron chi connectivity index (χ4n) is 3.85. The molecule has 2 unspecified atom stereocenters. The summed E-state index contributed by atoms with van der Waals surface area (Å²) in [5.41, 5.74) is 1.57. The van der Waals surface area contributed by atoms with E-state index in [4.69, 9.17) is 14.2 Å². The van der Waals surface area contributed by atoms with Crippen molar-refractivity contribution in [2.24, 2.45) is 0 Å².